The van der Waals surface area contributed by atoms with Gasteiger partial charge in [0.2, 0.25) is 0 Å². The average molecular weight is 310 g/mol. The predicted molar refractivity (Wildman–Crippen MR) is 71.6 cm³/mol. The number of aromatic nitrogens is 1. The van der Waals surface area contributed by atoms with Crippen LogP contribution in [0, 0.1) is 5.82 Å². The van der Waals surface area contributed by atoms with E-state index in [1.165, 1.54) is 6.07 Å². The Labute approximate surface area is 114 Å². The minimum atomic E-state index is -0.796. The SMILES string of the molecule is OC(CCc1ccncc1)c1cc(Br)ccc1F. The normalized spacial score (nSPS) is 12.4. The standard InChI is InChI=1S/C14H13BrFNO/c15-11-2-3-13(16)12(9-11)14(18)4-1-10-5-7-17-8-6-10/h2-3,5-9,14,18H,1,4H2. The van der Waals surface area contributed by atoms with Crippen LogP contribution in [0.15, 0.2) is 47.2 Å². The number of aryl methyl sites for hydroxylation is 1. The second-order valence-electron chi connectivity index (χ2n) is 4.08. The molecule has 94 valence electrons. The molecule has 1 N–H and O–H groups in total. The molecule has 0 aliphatic heterocycles. The van der Waals surface area contributed by atoms with Gasteiger partial charge in [0.15, 0.2) is 0 Å². The van der Waals surface area contributed by atoms with Crippen LogP contribution < -0.4 is 0 Å². The summed E-state index contributed by atoms with van der Waals surface area (Å²) in [4.78, 5) is 3.93. The van der Waals surface area contributed by atoms with E-state index in [2.05, 4.69) is 20.9 Å². The van der Waals surface area contributed by atoms with Crippen molar-refractivity contribution in [3.05, 3.63) is 64.1 Å². The van der Waals surface area contributed by atoms with E-state index in [1.54, 1.807) is 24.5 Å². The van der Waals surface area contributed by atoms with Crippen molar-refractivity contribution in [1.82, 2.24) is 4.98 Å². The summed E-state index contributed by atoms with van der Waals surface area (Å²) in [6.07, 6.45) is 3.80. The molecular formula is C14H13BrFNO. The van der Waals surface area contributed by atoms with Gasteiger partial charge in [-0.1, -0.05) is 15.9 Å². The Morgan fingerprint density at radius 1 is 1.22 bits per heavy atom. The highest BCUT2D eigenvalue weighted by atomic mass is 79.9. The third-order valence-electron chi connectivity index (χ3n) is 2.77. The highest BCUT2D eigenvalue weighted by molar-refractivity contribution is 9.10. The largest absolute Gasteiger partial charge is 0.388 e. The zero-order chi connectivity index (χ0) is 13.0. The Morgan fingerprint density at radius 3 is 2.67 bits per heavy atom. The van der Waals surface area contributed by atoms with Crippen molar-refractivity contribution >= 4 is 15.9 Å². The van der Waals surface area contributed by atoms with E-state index in [0.29, 0.717) is 18.4 Å². The van der Waals surface area contributed by atoms with Crippen molar-refractivity contribution in [2.24, 2.45) is 0 Å². The molecule has 1 unspecified atom stereocenters. The molecule has 2 nitrogen and oxygen atoms in total. The molecule has 0 aliphatic rings. The summed E-state index contributed by atoms with van der Waals surface area (Å²) in [5, 5.41) is 10.0. The van der Waals surface area contributed by atoms with Crippen LogP contribution in [0.1, 0.15) is 23.7 Å². The third kappa shape index (κ3) is 3.37. The maximum Gasteiger partial charge on any atom is 0.129 e. The summed E-state index contributed by atoms with van der Waals surface area (Å²) in [5.74, 6) is -0.375. The first-order chi connectivity index (χ1) is 8.66. The number of hydrogen-bond acceptors (Lipinski definition) is 2. The minimum Gasteiger partial charge on any atom is -0.388 e. The van der Waals surface area contributed by atoms with E-state index >= 15 is 0 Å². The summed E-state index contributed by atoms with van der Waals surface area (Å²) >= 11 is 3.27. The first-order valence-electron chi connectivity index (χ1n) is 5.69. The average Bonchev–Trinajstić information content (AvgIpc) is 2.40. The number of hydrogen-bond donors (Lipinski definition) is 1. The molecule has 0 saturated heterocycles. The van der Waals surface area contributed by atoms with Gasteiger partial charge in [-0.15, -0.1) is 0 Å². The molecule has 18 heavy (non-hydrogen) atoms. The zero-order valence-corrected chi connectivity index (χ0v) is 11.3. The van der Waals surface area contributed by atoms with Crippen LogP contribution in [0.5, 0.6) is 0 Å². The molecule has 4 heteroatoms. The van der Waals surface area contributed by atoms with Crippen molar-refractivity contribution in [2.45, 2.75) is 18.9 Å². The van der Waals surface area contributed by atoms with Crippen LogP contribution in [-0.2, 0) is 6.42 Å². The van der Waals surface area contributed by atoms with Crippen molar-refractivity contribution in [3.63, 3.8) is 0 Å². The number of benzene rings is 1. The van der Waals surface area contributed by atoms with Crippen molar-refractivity contribution < 1.29 is 9.50 Å². The fourth-order valence-corrected chi connectivity index (χ4v) is 2.16. The smallest absolute Gasteiger partial charge is 0.129 e. The first kappa shape index (κ1) is 13.2. The predicted octanol–water partition coefficient (Wildman–Crippen LogP) is 3.65. The summed E-state index contributed by atoms with van der Waals surface area (Å²) in [6, 6.07) is 8.38. The van der Waals surface area contributed by atoms with Gasteiger partial charge in [0, 0.05) is 22.4 Å². The summed E-state index contributed by atoms with van der Waals surface area (Å²) in [6.45, 7) is 0. The molecule has 0 spiro atoms. The van der Waals surface area contributed by atoms with E-state index in [4.69, 9.17) is 0 Å². The molecule has 0 radical (unpaired) electrons. The van der Waals surface area contributed by atoms with Gasteiger partial charge in [0.05, 0.1) is 6.10 Å². The molecule has 0 aliphatic carbocycles. The molecule has 1 aromatic heterocycles. The number of rotatable bonds is 4. The Kier molecular flexibility index (Phi) is 4.44. The Balaban J connectivity index is 2.03. The van der Waals surface area contributed by atoms with Gasteiger partial charge in [-0.25, -0.2) is 4.39 Å². The van der Waals surface area contributed by atoms with Crippen molar-refractivity contribution in [1.29, 1.82) is 0 Å². The van der Waals surface area contributed by atoms with Gasteiger partial charge in [-0.3, -0.25) is 4.98 Å². The van der Waals surface area contributed by atoms with Crippen LogP contribution in [0.3, 0.4) is 0 Å². The maximum atomic E-state index is 13.6. The fourth-order valence-electron chi connectivity index (χ4n) is 1.78. The molecular weight excluding hydrogens is 297 g/mol. The lowest BCUT2D eigenvalue weighted by Crippen LogP contribution is -2.02. The molecule has 1 heterocycles. The van der Waals surface area contributed by atoms with Gasteiger partial charge in [-0.2, -0.15) is 0 Å². The quantitative estimate of drug-likeness (QED) is 0.935. The molecule has 0 bridgehead atoms. The van der Waals surface area contributed by atoms with E-state index in [-0.39, 0.29) is 5.82 Å². The van der Waals surface area contributed by atoms with E-state index in [0.717, 1.165) is 10.0 Å². The maximum absolute atomic E-state index is 13.6. The van der Waals surface area contributed by atoms with Gasteiger partial charge >= 0.3 is 0 Å². The third-order valence-corrected chi connectivity index (χ3v) is 3.27. The summed E-state index contributed by atoms with van der Waals surface area (Å²) in [7, 11) is 0. The lowest BCUT2D eigenvalue weighted by Gasteiger charge is -2.12. The number of halogens is 2. The van der Waals surface area contributed by atoms with Gasteiger partial charge in [0.25, 0.3) is 0 Å². The van der Waals surface area contributed by atoms with Gasteiger partial charge in [-0.05, 0) is 48.7 Å². The Morgan fingerprint density at radius 2 is 1.94 bits per heavy atom. The fraction of sp³-hybridized carbons (Fsp3) is 0.214. The van der Waals surface area contributed by atoms with Crippen LogP contribution in [0.4, 0.5) is 4.39 Å². The van der Waals surface area contributed by atoms with Crippen LogP contribution in [0.2, 0.25) is 0 Å². The molecule has 1 atom stereocenters. The molecule has 0 amide bonds. The van der Waals surface area contributed by atoms with Crippen molar-refractivity contribution in [2.75, 3.05) is 0 Å². The first-order valence-corrected chi connectivity index (χ1v) is 6.48. The molecule has 0 saturated carbocycles. The van der Waals surface area contributed by atoms with Crippen molar-refractivity contribution in [3.8, 4) is 0 Å². The number of nitrogens with zero attached hydrogens (tertiary/aromatic N) is 1. The van der Waals surface area contributed by atoms with Crippen LogP contribution in [-0.4, -0.2) is 10.1 Å². The highest BCUT2D eigenvalue weighted by Crippen LogP contribution is 2.25. The Bertz CT molecular complexity index is 518. The molecule has 0 fully saturated rings. The highest BCUT2D eigenvalue weighted by Gasteiger charge is 2.13. The number of aliphatic hydroxyl groups excluding tert-OH is 1. The van der Waals surface area contributed by atoms with E-state index in [1.807, 2.05) is 12.1 Å². The van der Waals surface area contributed by atoms with E-state index in [9.17, 15) is 9.50 Å². The second kappa shape index (κ2) is 6.07. The van der Waals surface area contributed by atoms with Crippen LogP contribution >= 0.6 is 15.9 Å². The molecule has 2 rings (SSSR count). The number of pyridine rings is 1. The molecule has 2 aromatic rings. The van der Waals surface area contributed by atoms with Gasteiger partial charge < -0.3 is 5.11 Å². The summed E-state index contributed by atoms with van der Waals surface area (Å²) < 4.78 is 14.3. The second-order valence-corrected chi connectivity index (χ2v) is 4.99. The lowest BCUT2D eigenvalue weighted by molar-refractivity contribution is 0.163. The van der Waals surface area contributed by atoms with Crippen LogP contribution in [0.25, 0.3) is 0 Å². The molecule has 1 aromatic carbocycles. The monoisotopic (exact) mass is 309 g/mol. The van der Waals surface area contributed by atoms with E-state index < -0.39 is 6.10 Å². The number of aliphatic hydroxyl groups is 1. The zero-order valence-electron chi connectivity index (χ0n) is 9.68. The van der Waals surface area contributed by atoms with Gasteiger partial charge in [0.1, 0.15) is 5.82 Å². The minimum absolute atomic E-state index is 0.332. The lowest BCUT2D eigenvalue weighted by atomic mass is 10.0. The Hall–Kier alpha value is -1.26. The summed E-state index contributed by atoms with van der Waals surface area (Å²) in [5.41, 5.74) is 1.41. The topological polar surface area (TPSA) is 33.1 Å².